The third-order valence-electron chi connectivity index (χ3n) is 4.79. The van der Waals surface area contributed by atoms with Crippen LogP contribution in [-0.4, -0.2) is 49.9 Å². The molecule has 0 aliphatic rings. The van der Waals surface area contributed by atoms with Gasteiger partial charge in [0.15, 0.2) is 0 Å². The van der Waals surface area contributed by atoms with Crippen LogP contribution in [0.2, 0.25) is 0 Å². The quantitative estimate of drug-likeness (QED) is 0.376. The molecule has 0 unspecified atom stereocenters. The van der Waals surface area contributed by atoms with Gasteiger partial charge in [0.05, 0.1) is 12.1 Å². The maximum atomic E-state index is 12.5. The zero-order valence-electron chi connectivity index (χ0n) is 21.6. The number of nitrogens with one attached hydrogen (secondary N) is 3. The van der Waals surface area contributed by atoms with Gasteiger partial charge in [0.25, 0.3) is 5.91 Å². The molecule has 0 saturated heterocycles. The van der Waals surface area contributed by atoms with E-state index in [1.807, 2.05) is 38.1 Å². The van der Waals surface area contributed by atoms with E-state index in [1.165, 1.54) is 5.56 Å². The summed E-state index contributed by atoms with van der Waals surface area (Å²) in [4.78, 5) is 24.5. The van der Waals surface area contributed by atoms with Gasteiger partial charge < -0.3 is 25.4 Å². The fraction of sp³-hybridized carbons (Fsp3) is 0.429. The number of hydrogen-bond donors (Lipinski definition) is 3. The number of ether oxygens (including phenoxy) is 2. The van der Waals surface area contributed by atoms with E-state index in [0.29, 0.717) is 12.2 Å². The number of rotatable bonds is 9. The summed E-state index contributed by atoms with van der Waals surface area (Å²) in [6, 6.07) is 15.2. The van der Waals surface area contributed by atoms with E-state index in [2.05, 4.69) is 39.9 Å². The fourth-order valence-electron chi connectivity index (χ4n) is 2.99. The molecule has 2 aromatic rings. The summed E-state index contributed by atoms with van der Waals surface area (Å²) in [5, 5.41) is 8.94. The summed E-state index contributed by atoms with van der Waals surface area (Å²) < 4.78 is 10.3. The van der Waals surface area contributed by atoms with E-state index in [4.69, 9.17) is 9.47 Å². The summed E-state index contributed by atoms with van der Waals surface area (Å²) in [6.07, 6.45) is -0.520. The van der Waals surface area contributed by atoms with Crippen LogP contribution in [0.5, 0.6) is 0 Å². The molecule has 0 spiro atoms. The van der Waals surface area contributed by atoms with Gasteiger partial charge in [-0.2, -0.15) is 0 Å². The average molecular weight is 480 g/mol. The minimum absolute atomic E-state index is 0.224. The van der Waals surface area contributed by atoms with Crippen molar-refractivity contribution in [3.05, 3.63) is 70.8 Å². The molecule has 0 aliphatic heterocycles. The van der Waals surface area contributed by atoms with Crippen LogP contribution in [0.1, 0.15) is 61.7 Å². The summed E-state index contributed by atoms with van der Waals surface area (Å²) in [6.45, 7) is 11.6. The highest BCUT2D eigenvalue weighted by atomic mass is 16.6. The van der Waals surface area contributed by atoms with Crippen molar-refractivity contribution in [3.8, 4) is 11.8 Å². The topological polar surface area (TPSA) is 88.7 Å². The zero-order chi connectivity index (χ0) is 25.9. The van der Waals surface area contributed by atoms with Gasteiger partial charge in [0, 0.05) is 43.4 Å². The lowest BCUT2D eigenvalue weighted by molar-refractivity contribution is 0.0469. The average Bonchev–Trinajstić information content (AvgIpc) is 2.78. The molecule has 0 radical (unpaired) electrons. The minimum atomic E-state index is -0.668. The Kier molecular flexibility index (Phi) is 10.3. The van der Waals surface area contributed by atoms with Crippen LogP contribution in [0.15, 0.2) is 48.5 Å². The molecule has 2 aromatic carbocycles. The summed E-state index contributed by atoms with van der Waals surface area (Å²) in [5.74, 6) is 6.05. The second-order valence-electron chi connectivity index (χ2n) is 9.89. The van der Waals surface area contributed by atoms with Crippen LogP contribution in [0.25, 0.3) is 0 Å². The second kappa shape index (κ2) is 12.9. The number of benzene rings is 2. The molecule has 2 amide bonds. The number of alkyl carbamates (subject to hydrolysis) is 1. The maximum absolute atomic E-state index is 12.5. The highest BCUT2D eigenvalue weighted by Gasteiger charge is 2.25. The molecular weight excluding hydrogens is 442 g/mol. The van der Waals surface area contributed by atoms with Gasteiger partial charge in [-0.3, -0.25) is 4.79 Å². The molecule has 0 saturated carbocycles. The van der Waals surface area contributed by atoms with Crippen LogP contribution in [0.4, 0.5) is 4.79 Å². The van der Waals surface area contributed by atoms with Crippen molar-refractivity contribution in [2.45, 2.75) is 52.3 Å². The molecule has 35 heavy (non-hydrogen) atoms. The molecule has 0 aliphatic carbocycles. The van der Waals surface area contributed by atoms with Gasteiger partial charge in [-0.1, -0.05) is 24.0 Å². The Balaban J connectivity index is 1.86. The van der Waals surface area contributed by atoms with Crippen molar-refractivity contribution >= 4 is 12.0 Å². The number of carbonyl (C=O) groups excluding carboxylic acids is 2. The monoisotopic (exact) mass is 479 g/mol. The Morgan fingerprint density at radius 2 is 1.46 bits per heavy atom. The lowest BCUT2D eigenvalue weighted by Crippen LogP contribution is -2.52. The van der Waals surface area contributed by atoms with Crippen molar-refractivity contribution < 1.29 is 19.1 Å². The number of methoxy groups -OCH3 is 1. The van der Waals surface area contributed by atoms with Crippen LogP contribution >= 0.6 is 0 Å². The molecule has 7 nitrogen and oxygen atoms in total. The first-order valence-electron chi connectivity index (χ1n) is 11.7. The maximum Gasteiger partial charge on any atom is 0.408 e. The molecule has 2 rings (SSSR count). The van der Waals surface area contributed by atoms with Crippen LogP contribution in [0.3, 0.4) is 0 Å². The Labute approximate surface area is 209 Å². The predicted octanol–water partition coefficient (Wildman–Crippen LogP) is 3.86. The molecule has 0 fully saturated rings. The smallest absolute Gasteiger partial charge is 0.408 e. The van der Waals surface area contributed by atoms with Crippen LogP contribution in [-0.2, 0) is 16.0 Å². The Bertz CT molecular complexity index is 1030. The fourth-order valence-corrected chi connectivity index (χ4v) is 2.99. The summed E-state index contributed by atoms with van der Waals surface area (Å²) in [5.41, 5.74) is 2.20. The first-order chi connectivity index (χ1) is 16.5. The van der Waals surface area contributed by atoms with Crippen molar-refractivity contribution in [2.24, 2.45) is 0 Å². The van der Waals surface area contributed by atoms with E-state index in [-0.39, 0.29) is 12.5 Å². The van der Waals surface area contributed by atoms with E-state index < -0.39 is 17.2 Å². The molecule has 3 N–H and O–H groups in total. The minimum Gasteiger partial charge on any atom is -0.444 e. The van der Waals surface area contributed by atoms with Crippen molar-refractivity contribution in [1.82, 2.24) is 16.0 Å². The first kappa shape index (κ1) is 27.9. The highest BCUT2D eigenvalue weighted by molar-refractivity contribution is 5.94. The first-order valence-corrected chi connectivity index (χ1v) is 11.7. The molecule has 0 aromatic heterocycles. The largest absolute Gasteiger partial charge is 0.444 e. The zero-order valence-corrected chi connectivity index (χ0v) is 21.6. The molecule has 0 heterocycles. The van der Waals surface area contributed by atoms with E-state index >= 15 is 0 Å². The van der Waals surface area contributed by atoms with Crippen LogP contribution < -0.4 is 16.0 Å². The lowest BCUT2D eigenvalue weighted by Gasteiger charge is -2.28. The summed E-state index contributed by atoms with van der Waals surface area (Å²) in [7, 11) is 1.69. The summed E-state index contributed by atoms with van der Waals surface area (Å²) >= 11 is 0. The SMILES string of the molecule is COCCNCc1ccc(C#Cc2ccc(C(=O)NCC(C)(C)NC(=O)OC(C)(C)C)cc2)cc1. The Morgan fingerprint density at radius 3 is 2.00 bits per heavy atom. The van der Waals surface area contributed by atoms with Gasteiger partial charge in [-0.25, -0.2) is 4.79 Å². The highest BCUT2D eigenvalue weighted by Crippen LogP contribution is 2.10. The van der Waals surface area contributed by atoms with E-state index in [0.717, 1.165) is 24.2 Å². The van der Waals surface area contributed by atoms with Gasteiger partial charge in [0.1, 0.15) is 5.60 Å². The van der Waals surface area contributed by atoms with Crippen molar-refractivity contribution in [2.75, 3.05) is 26.8 Å². The van der Waals surface area contributed by atoms with Crippen molar-refractivity contribution in [1.29, 1.82) is 0 Å². The number of amides is 2. The molecular formula is C28H37N3O4. The van der Waals surface area contributed by atoms with Crippen LogP contribution in [0, 0.1) is 11.8 Å². The molecule has 188 valence electrons. The van der Waals surface area contributed by atoms with Gasteiger partial charge in [-0.15, -0.1) is 0 Å². The standard InChI is InChI=1S/C28H37N3O4/c1-27(2,3)35-26(33)31-28(4,5)20-30-25(32)24-15-13-22(14-16-24)8-7-21-9-11-23(12-10-21)19-29-17-18-34-6/h9-16,29H,17-20H2,1-6H3,(H,30,32)(H,31,33). The molecule has 7 heteroatoms. The van der Waals surface area contributed by atoms with Crippen molar-refractivity contribution in [3.63, 3.8) is 0 Å². The second-order valence-corrected chi connectivity index (χ2v) is 9.89. The molecule has 0 bridgehead atoms. The number of hydrogen-bond acceptors (Lipinski definition) is 5. The Morgan fingerprint density at radius 1 is 0.886 bits per heavy atom. The van der Waals surface area contributed by atoms with E-state index in [9.17, 15) is 9.59 Å². The Hall–Kier alpha value is -3.34. The third-order valence-corrected chi connectivity index (χ3v) is 4.79. The van der Waals surface area contributed by atoms with Gasteiger partial charge in [-0.05, 0) is 76.6 Å². The lowest BCUT2D eigenvalue weighted by atomic mass is 10.1. The van der Waals surface area contributed by atoms with E-state index in [1.54, 1.807) is 40.0 Å². The van der Waals surface area contributed by atoms with Gasteiger partial charge >= 0.3 is 6.09 Å². The van der Waals surface area contributed by atoms with Gasteiger partial charge in [0.2, 0.25) is 0 Å². The molecule has 0 atom stereocenters. The normalized spacial score (nSPS) is 11.3. The number of carbonyl (C=O) groups is 2. The predicted molar refractivity (Wildman–Crippen MR) is 138 cm³/mol. The third kappa shape index (κ3) is 11.1.